The molecule has 0 spiro atoms. The number of hydrogen-bond donors (Lipinski definition) is 2. The number of aldehydes is 1. The van der Waals surface area contributed by atoms with E-state index in [2.05, 4.69) is 10.1 Å². The van der Waals surface area contributed by atoms with Crippen molar-refractivity contribution in [2.45, 2.75) is 25.5 Å². The third-order valence-electron chi connectivity index (χ3n) is 2.39. The van der Waals surface area contributed by atoms with E-state index in [9.17, 15) is 14.7 Å². The molecule has 0 aliphatic carbocycles. The molecule has 0 aliphatic rings. The highest BCUT2D eigenvalue weighted by Gasteiger charge is 2.21. The zero-order valence-electron chi connectivity index (χ0n) is 9.84. The van der Waals surface area contributed by atoms with Crippen molar-refractivity contribution in [1.29, 1.82) is 0 Å². The van der Waals surface area contributed by atoms with Crippen molar-refractivity contribution in [2.24, 2.45) is 5.92 Å². The lowest BCUT2D eigenvalue weighted by Gasteiger charge is -2.22. The molecule has 0 aromatic carbocycles. The smallest absolute Gasteiger partial charge is 0.330 e. The molecular formula is C11H19NO4. The van der Waals surface area contributed by atoms with E-state index >= 15 is 0 Å². The number of aliphatic hydroxyl groups excluding tert-OH is 1. The molecule has 0 aromatic heterocycles. The molecule has 0 rings (SSSR count). The molecule has 0 aliphatic heterocycles. The van der Waals surface area contributed by atoms with Crippen molar-refractivity contribution in [1.82, 2.24) is 5.32 Å². The summed E-state index contributed by atoms with van der Waals surface area (Å²) in [6, 6.07) is -0.582. The lowest BCUT2D eigenvalue weighted by atomic mass is 9.95. The summed E-state index contributed by atoms with van der Waals surface area (Å²) in [5.41, 5.74) is 0. The van der Waals surface area contributed by atoms with Crippen LogP contribution in [0.3, 0.4) is 0 Å². The maximum absolute atomic E-state index is 10.8. The van der Waals surface area contributed by atoms with Crippen LogP contribution in [0.1, 0.15) is 13.3 Å². The van der Waals surface area contributed by atoms with Gasteiger partial charge in [-0.2, -0.15) is 0 Å². The summed E-state index contributed by atoms with van der Waals surface area (Å²) < 4.78 is 4.43. The normalized spacial score (nSPS) is 16.8. The van der Waals surface area contributed by atoms with E-state index in [-0.39, 0.29) is 5.92 Å². The minimum absolute atomic E-state index is 0.122. The number of likely N-dealkylation sites (N-methyl/N-ethyl adjacent to an activating group) is 1. The van der Waals surface area contributed by atoms with Gasteiger partial charge in [-0.3, -0.25) is 0 Å². The van der Waals surface area contributed by atoms with Crippen molar-refractivity contribution in [3.63, 3.8) is 0 Å². The van der Waals surface area contributed by atoms with Crippen LogP contribution in [-0.2, 0) is 14.3 Å². The van der Waals surface area contributed by atoms with Gasteiger partial charge in [0.1, 0.15) is 6.29 Å². The number of carbonyl (C=O) groups excluding carboxylic acids is 2. The Kier molecular flexibility index (Phi) is 7.41. The van der Waals surface area contributed by atoms with E-state index in [1.54, 1.807) is 20.0 Å². The van der Waals surface area contributed by atoms with Crippen molar-refractivity contribution in [2.75, 3.05) is 14.2 Å². The molecule has 92 valence electrons. The van der Waals surface area contributed by atoms with E-state index < -0.39 is 18.1 Å². The second kappa shape index (κ2) is 8.01. The Hall–Kier alpha value is -1.20. The monoisotopic (exact) mass is 229 g/mol. The van der Waals surface area contributed by atoms with Gasteiger partial charge in [0.15, 0.2) is 0 Å². The maximum atomic E-state index is 10.8. The number of ether oxygens (including phenoxy) is 1. The molecule has 0 fully saturated rings. The zero-order chi connectivity index (χ0) is 12.6. The molecule has 5 heteroatoms. The van der Waals surface area contributed by atoms with Crippen LogP contribution in [0.25, 0.3) is 0 Å². The van der Waals surface area contributed by atoms with Gasteiger partial charge >= 0.3 is 5.97 Å². The van der Waals surface area contributed by atoms with Crippen LogP contribution in [0.2, 0.25) is 0 Å². The predicted octanol–water partition coefficient (Wildman–Crippen LogP) is -0.110. The van der Waals surface area contributed by atoms with Crippen LogP contribution in [0.15, 0.2) is 12.2 Å². The molecule has 3 unspecified atom stereocenters. The van der Waals surface area contributed by atoms with Crippen LogP contribution in [-0.4, -0.2) is 43.7 Å². The SMILES string of the molecule is CNC(C=O)C(O)C(C)C/C=C/C(=O)OC. The molecule has 0 radical (unpaired) electrons. The molecule has 0 aromatic rings. The van der Waals surface area contributed by atoms with E-state index in [4.69, 9.17) is 0 Å². The fourth-order valence-electron chi connectivity index (χ4n) is 1.26. The predicted molar refractivity (Wildman–Crippen MR) is 59.9 cm³/mol. The molecule has 0 heterocycles. The topological polar surface area (TPSA) is 75.6 Å². The standard InChI is InChI=1S/C11H19NO4/c1-8(5-4-6-10(14)16-3)11(15)9(7-13)12-2/h4,6-9,11-12,15H,5H2,1-3H3/b6-4+. The number of carbonyl (C=O) groups is 2. The third kappa shape index (κ3) is 5.04. The largest absolute Gasteiger partial charge is 0.466 e. The molecule has 0 amide bonds. The Morgan fingerprint density at radius 1 is 1.56 bits per heavy atom. The van der Waals surface area contributed by atoms with Gasteiger partial charge in [-0.15, -0.1) is 0 Å². The third-order valence-corrected chi connectivity index (χ3v) is 2.39. The average molecular weight is 229 g/mol. The second-order valence-corrected chi connectivity index (χ2v) is 3.58. The Morgan fingerprint density at radius 2 is 2.19 bits per heavy atom. The van der Waals surface area contributed by atoms with Gasteiger partial charge in [0.05, 0.1) is 19.3 Å². The van der Waals surface area contributed by atoms with Crippen molar-refractivity contribution in [3.05, 3.63) is 12.2 Å². The molecule has 16 heavy (non-hydrogen) atoms. The maximum Gasteiger partial charge on any atom is 0.330 e. The second-order valence-electron chi connectivity index (χ2n) is 3.58. The summed E-state index contributed by atoms with van der Waals surface area (Å²) in [6.07, 6.45) is 3.33. The van der Waals surface area contributed by atoms with Gasteiger partial charge in [0.25, 0.3) is 0 Å². The Morgan fingerprint density at radius 3 is 2.62 bits per heavy atom. The van der Waals surface area contributed by atoms with E-state index in [1.165, 1.54) is 13.2 Å². The summed E-state index contributed by atoms with van der Waals surface area (Å²) in [7, 11) is 2.91. The molecule has 0 bridgehead atoms. The lowest BCUT2D eigenvalue weighted by Crippen LogP contribution is -2.42. The summed E-state index contributed by atoms with van der Waals surface area (Å²) in [5.74, 6) is -0.550. The minimum atomic E-state index is -0.773. The number of esters is 1. The van der Waals surface area contributed by atoms with Crippen LogP contribution >= 0.6 is 0 Å². The highest BCUT2D eigenvalue weighted by molar-refractivity contribution is 5.81. The summed E-state index contributed by atoms with van der Waals surface area (Å²) in [4.78, 5) is 21.4. The number of aliphatic hydroxyl groups is 1. The van der Waals surface area contributed by atoms with Crippen molar-refractivity contribution < 1.29 is 19.4 Å². The first kappa shape index (κ1) is 14.8. The van der Waals surface area contributed by atoms with Crippen LogP contribution in [0.4, 0.5) is 0 Å². The number of nitrogens with one attached hydrogen (secondary N) is 1. The van der Waals surface area contributed by atoms with Gasteiger partial charge in [-0.05, 0) is 19.4 Å². The summed E-state index contributed by atoms with van der Waals surface area (Å²) in [6.45, 7) is 1.81. The van der Waals surface area contributed by atoms with Crippen LogP contribution in [0, 0.1) is 5.92 Å². The first-order valence-electron chi connectivity index (χ1n) is 5.11. The molecule has 3 atom stereocenters. The van der Waals surface area contributed by atoms with Gasteiger partial charge in [0.2, 0.25) is 0 Å². The van der Waals surface area contributed by atoms with Gasteiger partial charge in [-0.1, -0.05) is 13.0 Å². The lowest BCUT2D eigenvalue weighted by molar-refractivity contribution is -0.134. The highest BCUT2D eigenvalue weighted by atomic mass is 16.5. The molecular weight excluding hydrogens is 210 g/mol. The Labute approximate surface area is 95.5 Å². The number of allylic oxidation sites excluding steroid dienone is 1. The quantitative estimate of drug-likeness (QED) is 0.362. The van der Waals surface area contributed by atoms with Crippen molar-refractivity contribution >= 4 is 12.3 Å². The number of methoxy groups -OCH3 is 1. The Bertz CT molecular complexity index is 252. The first-order valence-corrected chi connectivity index (χ1v) is 5.11. The average Bonchev–Trinajstić information content (AvgIpc) is 2.29. The summed E-state index contributed by atoms with van der Waals surface area (Å²) in [5, 5.41) is 12.5. The number of hydrogen-bond acceptors (Lipinski definition) is 5. The molecule has 0 saturated heterocycles. The van der Waals surface area contributed by atoms with Crippen molar-refractivity contribution in [3.8, 4) is 0 Å². The van der Waals surface area contributed by atoms with Crippen LogP contribution < -0.4 is 5.32 Å². The first-order chi connectivity index (χ1) is 7.56. The Balaban J connectivity index is 4.14. The fraction of sp³-hybridized carbons (Fsp3) is 0.636. The van der Waals surface area contributed by atoms with Gasteiger partial charge < -0.3 is 20.0 Å². The summed E-state index contributed by atoms with van der Waals surface area (Å²) >= 11 is 0. The molecule has 5 nitrogen and oxygen atoms in total. The van der Waals surface area contributed by atoms with Crippen LogP contribution in [0.5, 0.6) is 0 Å². The number of rotatable bonds is 7. The fourth-order valence-corrected chi connectivity index (χ4v) is 1.26. The van der Waals surface area contributed by atoms with Gasteiger partial charge in [0, 0.05) is 6.08 Å². The highest BCUT2D eigenvalue weighted by Crippen LogP contribution is 2.11. The van der Waals surface area contributed by atoms with E-state index in [0.29, 0.717) is 12.7 Å². The van der Waals surface area contributed by atoms with E-state index in [0.717, 1.165) is 0 Å². The molecule has 2 N–H and O–H groups in total. The zero-order valence-corrected chi connectivity index (χ0v) is 9.84. The molecule has 0 saturated carbocycles. The van der Waals surface area contributed by atoms with Gasteiger partial charge in [-0.25, -0.2) is 4.79 Å². The minimum Gasteiger partial charge on any atom is -0.466 e. The van der Waals surface area contributed by atoms with E-state index in [1.807, 2.05) is 0 Å².